The van der Waals surface area contributed by atoms with E-state index in [9.17, 15) is 0 Å². The topological polar surface area (TPSA) is 32.3 Å². The second-order valence-electron chi connectivity index (χ2n) is 4.85. The SMILES string of the molecule is C[C@H](O)CNCC1(C)CCCCC1. The highest BCUT2D eigenvalue weighted by molar-refractivity contribution is 4.80. The van der Waals surface area contributed by atoms with Crippen LogP contribution < -0.4 is 5.32 Å². The maximum atomic E-state index is 9.10. The molecule has 1 aliphatic carbocycles. The molecule has 78 valence electrons. The zero-order valence-corrected chi connectivity index (χ0v) is 8.97. The van der Waals surface area contributed by atoms with Gasteiger partial charge in [0.15, 0.2) is 0 Å². The maximum absolute atomic E-state index is 9.10. The lowest BCUT2D eigenvalue weighted by atomic mass is 9.76. The molecule has 0 bridgehead atoms. The minimum absolute atomic E-state index is 0.216. The smallest absolute Gasteiger partial charge is 0.0636 e. The molecular formula is C11H23NO. The number of rotatable bonds is 4. The molecule has 2 nitrogen and oxygen atoms in total. The van der Waals surface area contributed by atoms with E-state index in [0.29, 0.717) is 5.41 Å². The van der Waals surface area contributed by atoms with Crippen molar-refractivity contribution in [1.82, 2.24) is 5.32 Å². The van der Waals surface area contributed by atoms with Crippen molar-refractivity contribution in [2.24, 2.45) is 5.41 Å². The summed E-state index contributed by atoms with van der Waals surface area (Å²) < 4.78 is 0. The van der Waals surface area contributed by atoms with Crippen LogP contribution in [-0.2, 0) is 0 Å². The zero-order chi connectivity index (χ0) is 9.73. The second-order valence-corrected chi connectivity index (χ2v) is 4.85. The summed E-state index contributed by atoms with van der Waals surface area (Å²) in [5.41, 5.74) is 0.493. The molecule has 0 heterocycles. The van der Waals surface area contributed by atoms with Crippen LogP contribution in [0.5, 0.6) is 0 Å². The molecule has 0 aromatic carbocycles. The molecule has 0 saturated heterocycles. The molecule has 0 amide bonds. The summed E-state index contributed by atoms with van der Waals surface area (Å²) in [5, 5.41) is 12.4. The van der Waals surface area contributed by atoms with Crippen molar-refractivity contribution in [1.29, 1.82) is 0 Å². The Morgan fingerprint density at radius 1 is 1.31 bits per heavy atom. The quantitative estimate of drug-likeness (QED) is 0.701. The lowest BCUT2D eigenvalue weighted by molar-refractivity contribution is 0.166. The Bertz CT molecular complexity index is 139. The number of aliphatic hydroxyl groups is 1. The van der Waals surface area contributed by atoms with E-state index in [1.165, 1.54) is 32.1 Å². The summed E-state index contributed by atoms with van der Waals surface area (Å²) in [5.74, 6) is 0. The molecule has 1 aliphatic rings. The van der Waals surface area contributed by atoms with Gasteiger partial charge < -0.3 is 10.4 Å². The molecule has 0 unspecified atom stereocenters. The Morgan fingerprint density at radius 2 is 1.92 bits per heavy atom. The van der Waals surface area contributed by atoms with Crippen molar-refractivity contribution in [3.8, 4) is 0 Å². The Kier molecular flexibility index (Phi) is 4.20. The molecular weight excluding hydrogens is 162 g/mol. The van der Waals surface area contributed by atoms with Crippen molar-refractivity contribution in [2.75, 3.05) is 13.1 Å². The van der Waals surface area contributed by atoms with Gasteiger partial charge in [-0.05, 0) is 25.2 Å². The second kappa shape index (κ2) is 4.97. The predicted molar refractivity (Wildman–Crippen MR) is 55.7 cm³/mol. The van der Waals surface area contributed by atoms with Gasteiger partial charge in [-0.3, -0.25) is 0 Å². The summed E-state index contributed by atoms with van der Waals surface area (Å²) in [7, 11) is 0. The highest BCUT2D eigenvalue weighted by atomic mass is 16.3. The Morgan fingerprint density at radius 3 is 2.46 bits per heavy atom. The number of hydrogen-bond acceptors (Lipinski definition) is 2. The molecule has 13 heavy (non-hydrogen) atoms. The van der Waals surface area contributed by atoms with E-state index in [4.69, 9.17) is 5.11 Å². The lowest BCUT2D eigenvalue weighted by Gasteiger charge is -2.34. The highest BCUT2D eigenvalue weighted by Crippen LogP contribution is 2.34. The van der Waals surface area contributed by atoms with Gasteiger partial charge in [0.25, 0.3) is 0 Å². The van der Waals surface area contributed by atoms with Crippen LogP contribution >= 0.6 is 0 Å². The fourth-order valence-electron chi connectivity index (χ4n) is 2.16. The third kappa shape index (κ3) is 4.10. The molecule has 1 rings (SSSR count). The Labute approximate surface area is 81.7 Å². The fourth-order valence-corrected chi connectivity index (χ4v) is 2.16. The molecule has 1 saturated carbocycles. The molecule has 0 aromatic heterocycles. The van der Waals surface area contributed by atoms with Gasteiger partial charge in [-0.2, -0.15) is 0 Å². The van der Waals surface area contributed by atoms with E-state index in [0.717, 1.165) is 13.1 Å². The number of nitrogens with one attached hydrogen (secondary N) is 1. The van der Waals surface area contributed by atoms with Crippen LogP contribution in [0.3, 0.4) is 0 Å². The van der Waals surface area contributed by atoms with Gasteiger partial charge in [-0.15, -0.1) is 0 Å². The summed E-state index contributed by atoms with van der Waals surface area (Å²) in [6.45, 7) is 5.99. The van der Waals surface area contributed by atoms with E-state index in [1.807, 2.05) is 6.92 Å². The van der Waals surface area contributed by atoms with Crippen LogP contribution in [0.25, 0.3) is 0 Å². The normalized spacial score (nSPS) is 24.2. The third-order valence-electron chi connectivity index (χ3n) is 3.05. The largest absolute Gasteiger partial charge is 0.392 e. The number of aliphatic hydroxyl groups excluding tert-OH is 1. The minimum Gasteiger partial charge on any atom is -0.392 e. The van der Waals surface area contributed by atoms with E-state index in [2.05, 4.69) is 12.2 Å². The molecule has 0 aliphatic heterocycles. The van der Waals surface area contributed by atoms with Crippen molar-refractivity contribution in [2.45, 2.75) is 52.1 Å². The molecule has 0 radical (unpaired) electrons. The fraction of sp³-hybridized carbons (Fsp3) is 1.00. The first kappa shape index (κ1) is 11.0. The van der Waals surface area contributed by atoms with Crippen molar-refractivity contribution >= 4 is 0 Å². The maximum Gasteiger partial charge on any atom is 0.0636 e. The average Bonchev–Trinajstić information content (AvgIpc) is 2.04. The zero-order valence-electron chi connectivity index (χ0n) is 8.97. The summed E-state index contributed by atoms with van der Waals surface area (Å²) in [4.78, 5) is 0. The highest BCUT2D eigenvalue weighted by Gasteiger charge is 2.25. The van der Waals surface area contributed by atoms with Gasteiger partial charge in [-0.1, -0.05) is 26.2 Å². The third-order valence-corrected chi connectivity index (χ3v) is 3.05. The van der Waals surface area contributed by atoms with Crippen LogP contribution in [0.2, 0.25) is 0 Å². The first-order valence-corrected chi connectivity index (χ1v) is 5.51. The molecule has 2 N–H and O–H groups in total. The number of hydrogen-bond donors (Lipinski definition) is 2. The summed E-state index contributed by atoms with van der Waals surface area (Å²) in [6, 6.07) is 0. The van der Waals surface area contributed by atoms with Crippen molar-refractivity contribution in [3.05, 3.63) is 0 Å². The Balaban J connectivity index is 2.17. The molecule has 2 heteroatoms. The van der Waals surface area contributed by atoms with Gasteiger partial charge in [0.05, 0.1) is 6.10 Å². The van der Waals surface area contributed by atoms with Gasteiger partial charge in [0.2, 0.25) is 0 Å². The average molecular weight is 185 g/mol. The molecule has 1 fully saturated rings. The molecule has 1 atom stereocenters. The lowest BCUT2D eigenvalue weighted by Crippen LogP contribution is -2.36. The van der Waals surface area contributed by atoms with Gasteiger partial charge in [0, 0.05) is 13.1 Å². The van der Waals surface area contributed by atoms with E-state index in [-0.39, 0.29) is 6.10 Å². The first-order chi connectivity index (χ1) is 6.12. The van der Waals surface area contributed by atoms with Gasteiger partial charge in [-0.25, -0.2) is 0 Å². The van der Waals surface area contributed by atoms with E-state index >= 15 is 0 Å². The molecule has 0 spiro atoms. The minimum atomic E-state index is -0.216. The van der Waals surface area contributed by atoms with Crippen LogP contribution in [0, 0.1) is 5.41 Å². The molecule has 0 aromatic rings. The van der Waals surface area contributed by atoms with E-state index in [1.54, 1.807) is 0 Å². The van der Waals surface area contributed by atoms with Crippen LogP contribution in [0.15, 0.2) is 0 Å². The van der Waals surface area contributed by atoms with Gasteiger partial charge >= 0.3 is 0 Å². The standard InChI is InChI=1S/C11H23NO/c1-10(13)8-12-9-11(2)6-4-3-5-7-11/h10,12-13H,3-9H2,1-2H3/t10-/m0/s1. The summed E-state index contributed by atoms with van der Waals surface area (Å²) in [6.07, 6.45) is 6.65. The van der Waals surface area contributed by atoms with Crippen LogP contribution in [-0.4, -0.2) is 24.3 Å². The van der Waals surface area contributed by atoms with E-state index < -0.39 is 0 Å². The van der Waals surface area contributed by atoms with Crippen LogP contribution in [0.1, 0.15) is 46.0 Å². The summed E-state index contributed by atoms with van der Waals surface area (Å²) >= 11 is 0. The van der Waals surface area contributed by atoms with Crippen molar-refractivity contribution < 1.29 is 5.11 Å². The monoisotopic (exact) mass is 185 g/mol. The van der Waals surface area contributed by atoms with Crippen LogP contribution in [0.4, 0.5) is 0 Å². The van der Waals surface area contributed by atoms with Gasteiger partial charge in [0.1, 0.15) is 0 Å². The van der Waals surface area contributed by atoms with Crippen molar-refractivity contribution in [3.63, 3.8) is 0 Å². The predicted octanol–water partition coefficient (Wildman–Crippen LogP) is 1.93. The first-order valence-electron chi connectivity index (χ1n) is 5.51. The Hall–Kier alpha value is -0.0800.